The van der Waals surface area contributed by atoms with Crippen LogP contribution < -0.4 is 0 Å². The van der Waals surface area contributed by atoms with Gasteiger partial charge in [0.15, 0.2) is 0 Å². The van der Waals surface area contributed by atoms with Gasteiger partial charge in [0.25, 0.3) is 0 Å². The van der Waals surface area contributed by atoms with Gasteiger partial charge in [-0.1, -0.05) is 78.1 Å². The van der Waals surface area contributed by atoms with Crippen LogP contribution in [-0.2, 0) is 9.59 Å². The van der Waals surface area contributed by atoms with Crippen molar-refractivity contribution >= 4 is 22.0 Å². The Morgan fingerprint density at radius 1 is 0.517 bits per heavy atom. The zero-order chi connectivity index (χ0) is 21.8. The fraction of sp³-hybridized carbons (Fsp3) is 0.917. The number of carboxylic acids is 2. The number of aliphatic carboxylic acids is 2. The van der Waals surface area contributed by atoms with Gasteiger partial charge in [-0.05, 0) is 48.7 Å². The molecule has 0 spiro atoms. The first-order valence-corrected chi connectivity index (χ1v) is 14.4. The summed E-state index contributed by atoms with van der Waals surface area (Å²) in [6, 6.07) is 0. The van der Waals surface area contributed by atoms with Gasteiger partial charge in [-0.25, -0.2) is 10.0 Å². The van der Waals surface area contributed by atoms with Crippen molar-refractivity contribution in [2.24, 2.45) is 0 Å². The van der Waals surface area contributed by atoms with Crippen molar-refractivity contribution in [2.45, 2.75) is 117 Å². The molecule has 0 aromatic carbocycles. The van der Waals surface area contributed by atoms with E-state index in [9.17, 15) is 9.59 Å². The monoisotopic (exact) mass is 432 g/mol. The molecule has 0 heterocycles. The van der Waals surface area contributed by atoms with Gasteiger partial charge >= 0.3 is 11.9 Å². The molecule has 0 aliphatic rings. The van der Waals surface area contributed by atoms with E-state index in [4.69, 9.17) is 10.2 Å². The largest absolute Gasteiger partial charge is 0.481 e. The van der Waals surface area contributed by atoms with E-state index >= 15 is 0 Å². The molecule has 0 aromatic heterocycles. The van der Waals surface area contributed by atoms with Crippen LogP contribution in [0.3, 0.4) is 0 Å². The lowest BCUT2D eigenvalue weighted by molar-refractivity contribution is -0.138. The van der Waals surface area contributed by atoms with Crippen molar-refractivity contribution in [2.75, 3.05) is 23.0 Å². The second kappa shape index (κ2) is 19.3. The van der Waals surface area contributed by atoms with Crippen molar-refractivity contribution in [3.63, 3.8) is 0 Å². The van der Waals surface area contributed by atoms with Crippen molar-refractivity contribution < 1.29 is 19.8 Å². The fourth-order valence-corrected chi connectivity index (χ4v) is 8.42. The first-order valence-electron chi connectivity index (χ1n) is 12.1. The average molecular weight is 433 g/mol. The zero-order valence-corrected chi connectivity index (χ0v) is 20.1. The third-order valence-corrected chi connectivity index (χ3v) is 10.4. The van der Waals surface area contributed by atoms with Gasteiger partial charge in [0, 0.05) is 12.8 Å². The van der Waals surface area contributed by atoms with Crippen molar-refractivity contribution in [3.05, 3.63) is 0 Å². The first-order chi connectivity index (χ1) is 14.0. The van der Waals surface area contributed by atoms with Gasteiger partial charge in [-0.3, -0.25) is 9.59 Å². The Bertz CT molecular complexity index is 374. The molecule has 174 valence electrons. The summed E-state index contributed by atoms with van der Waals surface area (Å²) in [5, 5.41) is 18.2. The van der Waals surface area contributed by atoms with Gasteiger partial charge in [-0.15, -0.1) is 0 Å². The molecule has 0 atom stereocenters. The predicted molar refractivity (Wildman–Crippen MR) is 128 cm³/mol. The molecule has 0 amide bonds. The zero-order valence-electron chi connectivity index (χ0n) is 19.3. The van der Waals surface area contributed by atoms with E-state index in [-0.39, 0.29) is 12.8 Å². The summed E-state index contributed by atoms with van der Waals surface area (Å²) in [5.74, 6) is 3.05. The van der Waals surface area contributed by atoms with Gasteiger partial charge in [-0.2, -0.15) is 0 Å². The number of hydrogen-bond donors (Lipinski definition) is 2. The Morgan fingerprint density at radius 3 is 1.17 bits per heavy atom. The molecule has 0 aliphatic carbocycles. The molecule has 0 aliphatic heterocycles. The number of carbonyl (C=O) groups is 2. The summed E-state index contributed by atoms with van der Waals surface area (Å²) < 4.78 is 0. The molecular weight excluding hydrogens is 384 g/mol. The maximum Gasteiger partial charge on any atom is 0.303 e. The Labute approximate surface area is 181 Å². The van der Waals surface area contributed by atoms with Crippen molar-refractivity contribution in [3.8, 4) is 0 Å². The fourth-order valence-electron chi connectivity index (χ4n) is 4.05. The average Bonchev–Trinajstić information content (AvgIpc) is 2.66. The van der Waals surface area contributed by atoms with Crippen LogP contribution in [0.25, 0.3) is 0 Å². The van der Waals surface area contributed by atoms with Crippen LogP contribution in [0.15, 0.2) is 0 Å². The summed E-state index contributed by atoms with van der Waals surface area (Å²) in [6.07, 6.45) is 17.4. The molecule has 0 bridgehead atoms. The highest BCUT2D eigenvalue weighted by molar-refractivity contribution is 8.33. The van der Waals surface area contributed by atoms with Crippen LogP contribution in [0.1, 0.15) is 117 Å². The Balaban J connectivity index is 4.76. The standard InChI is InChI=1S/C24H48O4S/c1-3-5-7-9-11-13-19-29(21-15-17-23(25)26,22-16-18-24(27)28)20-14-12-10-8-6-4-2/h3-22H2,1-2H3,(H,25,26)(H,27,28). The smallest absolute Gasteiger partial charge is 0.303 e. The number of unbranched alkanes of at least 4 members (excludes halogenated alkanes) is 10. The molecular formula is C24H48O4S. The minimum absolute atomic E-state index is 0.251. The minimum Gasteiger partial charge on any atom is -0.481 e. The summed E-state index contributed by atoms with van der Waals surface area (Å²) in [7, 11) is -0.900. The highest BCUT2D eigenvalue weighted by atomic mass is 32.3. The maximum absolute atomic E-state index is 11.0. The van der Waals surface area contributed by atoms with Crippen LogP contribution in [0.2, 0.25) is 0 Å². The molecule has 0 unspecified atom stereocenters. The SMILES string of the molecule is CCCCCCCCS(CCCCCCCC)(CCCC(=O)O)CCCC(=O)O. The lowest BCUT2D eigenvalue weighted by Gasteiger charge is -2.41. The lowest BCUT2D eigenvalue weighted by atomic mass is 10.1. The number of hydrogen-bond acceptors (Lipinski definition) is 2. The van der Waals surface area contributed by atoms with Crippen LogP contribution in [0.5, 0.6) is 0 Å². The third kappa shape index (κ3) is 17.8. The molecule has 29 heavy (non-hydrogen) atoms. The van der Waals surface area contributed by atoms with E-state index in [0.717, 1.165) is 24.3 Å². The second-order valence-electron chi connectivity index (χ2n) is 8.57. The normalized spacial score (nSPS) is 12.2. The Kier molecular flexibility index (Phi) is 18.8. The minimum atomic E-state index is -0.900. The van der Waals surface area contributed by atoms with E-state index in [1.54, 1.807) is 0 Å². The quantitative estimate of drug-likeness (QED) is 0.177. The van der Waals surface area contributed by atoms with Gasteiger partial charge in [0.05, 0.1) is 0 Å². The summed E-state index contributed by atoms with van der Waals surface area (Å²) in [6.45, 7) is 4.47. The van der Waals surface area contributed by atoms with E-state index < -0.39 is 22.0 Å². The molecule has 0 fully saturated rings. The predicted octanol–water partition coefficient (Wildman–Crippen LogP) is 7.24. The van der Waals surface area contributed by atoms with Crippen LogP contribution in [-0.4, -0.2) is 45.2 Å². The number of carboxylic acid groups (broad SMARTS) is 2. The Morgan fingerprint density at radius 2 is 0.828 bits per heavy atom. The molecule has 0 saturated carbocycles. The summed E-state index contributed by atoms with van der Waals surface area (Å²) in [4.78, 5) is 22.1. The molecule has 5 heteroatoms. The van der Waals surface area contributed by atoms with Gasteiger partial charge in [0.2, 0.25) is 0 Å². The third-order valence-electron chi connectivity index (χ3n) is 5.80. The highest BCUT2D eigenvalue weighted by Gasteiger charge is 2.23. The van der Waals surface area contributed by atoms with E-state index in [1.165, 1.54) is 88.6 Å². The van der Waals surface area contributed by atoms with Crippen LogP contribution in [0, 0.1) is 0 Å². The van der Waals surface area contributed by atoms with Gasteiger partial charge in [0.1, 0.15) is 0 Å². The first kappa shape index (κ1) is 28.3. The molecule has 0 aromatic rings. The highest BCUT2D eigenvalue weighted by Crippen LogP contribution is 2.51. The lowest BCUT2D eigenvalue weighted by Crippen LogP contribution is -2.19. The molecule has 4 nitrogen and oxygen atoms in total. The van der Waals surface area contributed by atoms with Crippen molar-refractivity contribution in [1.82, 2.24) is 0 Å². The van der Waals surface area contributed by atoms with E-state index in [0.29, 0.717) is 0 Å². The molecule has 0 saturated heterocycles. The van der Waals surface area contributed by atoms with Gasteiger partial charge < -0.3 is 10.2 Å². The maximum atomic E-state index is 11.0. The van der Waals surface area contributed by atoms with Crippen LogP contribution in [0.4, 0.5) is 0 Å². The topological polar surface area (TPSA) is 74.6 Å². The van der Waals surface area contributed by atoms with E-state index in [1.807, 2.05) is 0 Å². The summed E-state index contributed by atoms with van der Waals surface area (Å²) >= 11 is 0. The molecule has 0 radical (unpaired) electrons. The Hall–Kier alpha value is -0.710. The van der Waals surface area contributed by atoms with E-state index in [2.05, 4.69) is 13.8 Å². The number of rotatable bonds is 22. The second-order valence-corrected chi connectivity index (χ2v) is 12.7. The molecule has 2 N–H and O–H groups in total. The van der Waals surface area contributed by atoms with Crippen LogP contribution >= 0.6 is 10.0 Å². The summed E-state index contributed by atoms with van der Waals surface area (Å²) in [5.41, 5.74) is 0. The molecule has 0 rings (SSSR count). The van der Waals surface area contributed by atoms with Crippen molar-refractivity contribution in [1.29, 1.82) is 0 Å².